The minimum absolute atomic E-state index is 0. The molecular weight excluding hydrogens is 343 g/mol. The van der Waals surface area contributed by atoms with Crippen LogP contribution in [0.15, 0.2) is 99.6 Å². The molecule has 3 heteroatoms. The summed E-state index contributed by atoms with van der Waals surface area (Å²) in [6.45, 7) is 2.97. The molecule has 0 N–H and O–H groups in total. The summed E-state index contributed by atoms with van der Waals surface area (Å²) >= 11 is 0. The number of unbranched alkanes of at least 4 members (excludes halogenated alkanes) is 1. The Morgan fingerprint density at radius 3 is 1.64 bits per heavy atom. The first-order valence-electron chi connectivity index (χ1n) is 8.46. The highest BCUT2D eigenvalue weighted by Gasteiger charge is 2.28. The van der Waals surface area contributed by atoms with E-state index in [1.807, 2.05) is 0 Å². The zero-order chi connectivity index (χ0) is 16.6. The number of hydrogen-bond donors (Lipinski definition) is 0. The second-order valence-corrected chi connectivity index (χ2v) is 7.63. The zero-order valence-electron chi connectivity index (χ0n) is 14.7. The first-order chi connectivity index (χ1) is 11.9. The van der Waals surface area contributed by atoms with E-state index in [9.17, 15) is 0 Å². The molecule has 0 bridgehead atoms. The molecule has 1 atom stereocenters. The van der Waals surface area contributed by atoms with Crippen LogP contribution in [0.2, 0.25) is 0 Å². The van der Waals surface area contributed by atoms with Crippen molar-refractivity contribution in [2.75, 3.05) is 6.61 Å². The third kappa shape index (κ3) is 5.36. The highest BCUT2D eigenvalue weighted by molar-refractivity contribution is 7.97. The van der Waals surface area contributed by atoms with Crippen LogP contribution in [0.5, 0.6) is 5.75 Å². The normalized spacial score (nSPS) is 10.3. The lowest BCUT2D eigenvalue weighted by Gasteiger charge is -2.09. The van der Waals surface area contributed by atoms with Gasteiger partial charge >= 0.3 is 0 Å². The van der Waals surface area contributed by atoms with Crippen molar-refractivity contribution in [3.8, 4) is 5.75 Å². The van der Waals surface area contributed by atoms with Gasteiger partial charge in [-0.3, -0.25) is 0 Å². The van der Waals surface area contributed by atoms with Gasteiger partial charge in [-0.15, -0.1) is 0 Å². The molecule has 1 nitrogen and oxygen atoms in total. The molecule has 0 fully saturated rings. The predicted octanol–water partition coefficient (Wildman–Crippen LogP) is 6.02. The van der Waals surface area contributed by atoms with Crippen LogP contribution in [0.4, 0.5) is 0 Å². The zero-order valence-corrected chi connectivity index (χ0v) is 17.0. The van der Waals surface area contributed by atoms with Crippen molar-refractivity contribution in [2.45, 2.75) is 34.5 Å². The Balaban J connectivity index is 0.00000225. The van der Waals surface area contributed by atoms with Crippen LogP contribution in [0.25, 0.3) is 0 Å². The van der Waals surface area contributed by atoms with E-state index in [0.717, 1.165) is 25.2 Å². The molecule has 0 amide bonds. The third-order valence-corrected chi connectivity index (χ3v) is 6.01. The van der Waals surface area contributed by atoms with Crippen LogP contribution in [0.3, 0.4) is 0 Å². The largest absolute Gasteiger partial charge is 0.494 e. The van der Waals surface area contributed by atoms with Gasteiger partial charge in [-0.25, -0.2) is 0 Å². The molecule has 0 aliphatic rings. The molecule has 1 unspecified atom stereocenters. The van der Waals surface area contributed by atoms with Gasteiger partial charge in [0.15, 0.2) is 14.7 Å². The van der Waals surface area contributed by atoms with Gasteiger partial charge in [-0.2, -0.15) is 9.90 Å². The molecule has 3 rings (SSSR count). The van der Waals surface area contributed by atoms with E-state index >= 15 is 0 Å². The van der Waals surface area contributed by atoms with E-state index < -0.39 is 0 Å². The fourth-order valence-electron chi connectivity index (χ4n) is 2.53. The predicted molar refractivity (Wildman–Crippen MR) is 113 cm³/mol. The van der Waals surface area contributed by atoms with Gasteiger partial charge in [0.1, 0.15) is 5.75 Å². The van der Waals surface area contributed by atoms with Gasteiger partial charge in [-0.1, -0.05) is 49.7 Å². The monoisotopic (exact) mass is 369 g/mol. The lowest BCUT2D eigenvalue weighted by molar-refractivity contribution is 0.309. The van der Waals surface area contributed by atoms with Crippen LogP contribution >= 0.6 is 9.90 Å². The van der Waals surface area contributed by atoms with E-state index in [0.29, 0.717) is 0 Å². The average molecular weight is 369 g/mol. The van der Waals surface area contributed by atoms with E-state index in [1.165, 1.54) is 14.7 Å². The molecule has 0 radical (unpaired) electrons. The van der Waals surface area contributed by atoms with Gasteiger partial charge in [0.25, 0.3) is 0 Å². The molecule has 25 heavy (non-hydrogen) atoms. The van der Waals surface area contributed by atoms with Gasteiger partial charge < -0.3 is 4.74 Å². The van der Waals surface area contributed by atoms with E-state index in [4.69, 9.17) is 4.74 Å². The third-order valence-electron chi connectivity index (χ3n) is 3.78. The Morgan fingerprint density at radius 2 is 1.16 bits per heavy atom. The first kappa shape index (κ1) is 19.6. The minimum Gasteiger partial charge on any atom is -0.494 e. The van der Waals surface area contributed by atoms with E-state index in [2.05, 4.69) is 91.9 Å². The molecule has 3 aromatic rings. The SMILES string of the molecule is CCCCOc1ccc([S+](c2ccccc2)c2ccccc2)cc1.P. The maximum absolute atomic E-state index is 5.80. The second-order valence-electron chi connectivity index (χ2n) is 5.61. The molecule has 0 saturated heterocycles. The molecule has 0 saturated carbocycles. The summed E-state index contributed by atoms with van der Waals surface area (Å²) in [4.78, 5) is 3.99. The number of ether oxygens (including phenoxy) is 1. The standard InChI is InChI=1S/C22H23OS.H3P/c1-2-3-18-23-19-14-16-22(17-15-19)24(20-10-6-4-7-11-20)21-12-8-5-9-13-21;/h4-17H,2-3,18H2,1H3;1H3/q+1;. The van der Waals surface area contributed by atoms with Crippen LogP contribution in [0, 0.1) is 0 Å². The average Bonchev–Trinajstić information content (AvgIpc) is 2.65. The van der Waals surface area contributed by atoms with Gasteiger partial charge in [-0.05, 0) is 55.0 Å². The van der Waals surface area contributed by atoms with Crippen molar-refractivity contribution in [3.05, 3.63) is 84.9 Å². The Kier molecular flexibility index (Phi) is 8.04. The van der Waals surface area contributed by atoms with E-state index in [1.54, 1.807) is 0 Å². The molecule has 0 aliphatic carbocycles. The summed E-state index contributed by atoms with van der Waals surface area (Å²) in [6, 6.07) is 30.0. The molecular formula is C22H26OPS+. The Hall–Kier alpha value is -1.76. The maximum Gasteiger partial charge on any atom is 0.166 e. The number of rotatable bonds is 7. The topological polar surface area (TPSA) is 9.23 Å². The van der Waals surface area contributed by atoms with Gasteiger partial charge in [0.05, 0.1) is 17.5 Å². The second kappa shape index (κ2) is 10.3. The summed E-state index contributed by atoms with van der Waals surface area (Å²) in [5.41, 5.74) is 0. The van der Waals surface area contributed by atoms with Crippen molar-refractivity contribution in [2.24, 2.45) is 0 Å². The highest BCUT2D eigenvalue weighted by Crippen LogP contribution is 2.31. The van der Waals surface area contributed by atoms with Crippen molar-refractivity contribution in [1.82, 2.24) is 0 Å². The number of hydrogen-bond acceptors (Lipinski definition) is 1. The smallest absolute Gasteiger partial charge is 0.166 e. The van der Waals surface area contributed by atoms with E-state index in [-0.39, 0.29) is 20.8 Å². The molecule has 0 spiro atoms. The van der Waals surface area contributed by atoms with Crippen molar-refractivity contribution in [3.63, 3.8) is 0 Å². The summed E-state index contributed by atoms with van der Waals surface area (Å²) in [6.07, 6.45) is 2.25. The molecule has 130 valence electrons. The quantitative estimate of drug-likeness (QED) is 0.281. The summed E-state index contributed by atoms with van der Waals surface area (Å²) in [7, 11) is -0.0858. The Labute approximate surface area is 157 Å². The fraction of sp³-hybridized carbons (Fsp3) is 0.182. The molecule has 0 heterocycles. The molecule has 3 aromatic carbocycles. The van der Waals surface area contributed by atoms with Crippen molar-refractivity contribution >= 4 is 20.8 Å². The van der Waals surface area contributed by atoms with Gasteiger partial charge in [0.2, 0.25) is 0 Å². The Morgan fingerprint density at radius 1 is 0.680 bits per heavy atom. The number of benzene rings is 3. The lowest BCUT2D eigenvalue weighted by atomic mass is 10.3. The van der Waals surface area contributed by atoms with Gasteiger partial charge in [0, 0.05) is 0 Å². The highest BCUT2D eigenvalue weighted by atomic mass is 32.2. The summed E-state index contributed by atoms with van der Waals surface area (Å²) in [5, 5.41) is 0. The van der Waals surface area contributed by atoms with Crippen molar-refractivity contribution < 1.29 is 4.74 Å². The van der Waals surface area contributed by atoms with Crippen LogP contribution < -0.4 is 4.74 Å². The van der Waals surface area contributed by atoms with Crippen LogP contribution in [-0.4, -0.2) is 6.61 Å². The summed E-state index contributed by atoms with van der Waals surface area (Å²) in [5.74, 6) is 0.955. The van der Waals surface area contributed by atoms with Crippen molar-refractivity contribution in [1.29, 1.82) is 0 Å². The lowest BCUT2D eigenvalue weighted by Crippen LogP contribution is -2.04. The maximum atomic E-state index is 5.80. The molecule has 0 aromatic heterocycles. The molecule has 0 aliphatic heterocycles. The first-order valence-corrected chi connectivity index (χ1v) is 9.68. The Bertz CT molecular complexity index is 689. The summed E-state index contributed by atoms with van der Waals surface area (Å²) < 4.78 is 5.80. The fourth-order valence-corrected chi connectivity index (χ4v) is 4.61. The van der Waals surface area contributed by atoms with Crippen LogP contribution in [0.1, 0.15) is 19.8 Å². The minimum atomic E-state index is -0.0858. The van der Waals surface area contributed by atoms with Crippen LogP contribution in [-0.2, 0) is 10.9 Å².